The van der Waals surface area contributed by atoms with Crippen LogP contribution < -0.4 is 10.1 Å². The lowest BCUT2D eigenvalue weighted by atomic mass is 10.1. The Morgan fingerprint density at radius 2 is 2.25 bits per heavy atom. The maximum atomic E-state index is 10.8. The molecule has 0 aliphatic rings. The van der Waals surface area contributed by atoms with Gasteiger partial charge < -0.3 is 10.1 Å². The Labute approximate surface area is 121 Å². The number of nitrogens with one attached hydrogen (secondary N) is 1. The third-order valence-electron chi connectivity index (χ3n) is 3.04. The molecule has 5 nitrogen and oxygen atoms in total. The lowest BCUT2D eigenvalue weighted by molar-refractivity contribution is -0.384. The van der Waals surface area contributed by atoms with Gasteiger partial charge in [0.25, 0.3) is 5.69 Å². The molecule has 0 aliphatic heterocycles. The number of ether oxygens (including phenoxy) is 1. The van der Waals surface area contributed by atoms with Crippen molar-refractivity contribution in [3.63, 3.8) is 0 Å². The van der Waals surface area contributed by atoms with Crippen LogP contribution >= 0.6 is 11.3 Å². The summed E-state index contributed by atoms with van der Waals surface area (Å²) in [5.41, 5.74) is 0.858. The van der Waals surface area contributed by atoms with Gasteiger partial charge in [-0.2, -0.15) is 0 Å². The van der Waals surface area contributed by atoms with Gasteiger partial charge in [0.05, 0.1) is 12.0 Å². The van der Waals surface area contributed by atoms with Crippen LogP contribution in [0.25, 0.3) is 0 Å². The highest BCUT2D eigenvalue weighted by molar-refractivity contribution is 7.10. The van der Waals surface area contributed by atoms with Gasteiger partial charge in [-0.1, -0.05) is 6.07 Å². The maximum absolute atomic E-state index is 10.8. The van der Waals surface area contributed by atoms with Crippen molar-refractivity contribution in [3.05, 3.63) is 56.3 Å². The van der Waals surface area contributed by atoms with Gasteiger partial charge in [0.2, 0.25) is 0 Å². The minimum atomic E-state index is -0.397. The first-order chi connectivity index (χ1) is 9.61. The van der Waals surface area contributed by atoms with Crippen LogP contribution in [0.4, 0.5) is 5.69 Å². The van der Waals surface area contributed by atoms with E-state index in [0.717, 1.165) is 5.56 Å². The fourth-order valence-electron chi connectivity index (χ4n) is 1.92. The number of hydrogen-bond donors (Lipinski definition) is 1. The lowest BCUT2D eigenvalue weighted by Crippen LogP contribution is -2.17. The van der Waals surface area contributed by atoms with Gasteiger partial charge in [0.15, 0.2) is 0 Å². The first-order valence-electron chi connectivity index (χ1n) is 6.20. The van der Waals surface area contributed by atoms with Crippen molar-refractivity contribution in [1.29, 1.82) is 0 Å². The Kier molecular flexibility index (Phi) is 4.70. The molecule has 0 spiro atoms. The summed E-state index contributed by atoms with van der Waals surface area (Å²) in [4.78, 5) is 11.7. The number of nitro groups is 1. The molecule has 0 aliphatic carbocycles. The van der Waals surface area contributed by atoms with Gasteiger partial charge in [0.1, 0.15) is 5.75 Å². The number of benzene rings is 1. The fraction of sp³-hybridized carbons (Fsp3) is 0.286. The minimum Gasteiger partial charge on any atom is -0.496 e. The molecule has 6 heteroatoms. The van der Waals surface area contributed by atoms with E-state index in [1.54, 1.807) is 30.6 Å². The highest BCUT2D eigenvalue weighted by atomic mass is 32.1. The molecule has 1 atom stereocenters. The Balaban J connectivity index is 2.11. The number of non-ortho nitro benzene ring substituents is 1. The number of thiophene rings is 1. The number of methoxy groups -OCH3 is 1. The van der Waals surface area contributed by atoms with E-state index >= 15 is 0 Å². The first-order valence-corrected chi connectivity index (χ1v) is 7.08. The maximum Gasteiger partial charge on any atom is 0.270 e. The number of rotatable bonds is 6. The highest BCUT2D eigenvalue weighted by Crippen LogP contribution is 2.25. The summed E-state index contributed by atoms with van der Waals surface area (Å²) < 4.78 is 5.24. The third kappa shape index (κ3) is 3.34. The molecular formula is C14H16N2O3S. The van der Waals surface area contributed by atoms with E-state index in [-0.39, 0.29) is 11.7 Å². The van der Waals surface area contributed by atoms with Crippen molar-refractivity contribution < 1.29 is 9.66 Å². The standard InChI is InChI=1S/C14H16N2O3S/c1-10(14-4-3-7-20-14)15-9-11-8-12(16(17)18)5-6-13(11)19-2/h3-8,10,15H,9H2,1-2H3/t10-/m1/s1. The molecule has 1 aromatic carbocycles. The van der Waals surface area contributed by atoms with E-state index in [9.17, 15) is 10.1 Å². The zero-order chi connectivity index (χ0) is 14.5. The number of nitrogens with zero attached hydrogens (tertiary/aromatic N) is 1. The monoisotopic (exact) mass is 292 g/mol. The van der Waals surface area contributed by atoms with E-state index < -0.39 is 4.92 Å². The predicted molar refractivity (Wildman–Crippen MR) is 79.2 cm³/mol. The average molecular weight is 292 g/mol. The molecule has 106 valence electrons. The number of nitro benzene ring substituents is 1. The molecule has 1 heterocycles. The second kappa shape index (κ2) is 6.49. The summed E-state index contributed by atoms with van der Waals surface area (Å²) in [6, 6.07) is 8.89. The molecule has 0 radical (unpaired) electrons. The van der Waals surface area contributed by atoms with Crippen LogP contribution in [0, 0.1) is 10.1 Å². The van der Waals surface area contributed by atoms with E-state index in [1.165, 1.54) is 10.9 Å². The second-order valence-electron chi connectivity index (χ2n) is 4.37. The molecule has 1 aromatic heterocycles. The second-order valence-corrected chi connectivity index (χ2v) is 5.35. The van der Waals surface area contributed by atoms with Crippen LogP contribution in [0.15, 0.2) is 35.7 Å². The van der Waals surface area contributed by atoms with Crippen LogP contribution in [0.2, 0.25) is 0 Å². The molecule has 20 heavy (non-hydrogen) atoms. The van der Waals surface area contributed by atoms with E-state index in [1.807, 2.05) is 11.4 Å². The van der Waals surface area contributed by atoms with Crippen LogP contribution in [-0.2, 0) is 6.54 Å². The highest BCUT2D eigenvalue weighted by Gasteiger charge is 2.13. The quantitative estimate of drug-likeness (QED) is 0.653. The van der Waals surface area contributed by atoms with Crippen molar-refractivity contribution in [1.82, 2.24) is 5.32 Å². The van der Waals surface area contributed by atoms with Crippen molar-refractivity contribution in [2.45, 2.75) is 19.5 Å². The van der Waals surface area contributed by atoms with Crippen molar-refractivity contribution in [2.75, 3.05) is 7.11 Å². The van der Waals surface area contributed by atoms with E-state index in [2.05, 4.69) is 18.3 Å². The Morgan fingerprint density at radius 1 is 1.45 bits per heavy atom. The molecule has 1 N–H and O–H groups in total. The van der Waals surface area contributed by atoms with E-state index in [0.29, 0.717) is 12.3 Å². The largest absolute Gasteiger partial charge is 0.496 e. The summed E-state index contributed by atoms with van der Waals surface area (Å²) in [6.45, 7) is 2.58. The van der Waals surface area contributed by atoms with Crippen LogP contribution in [-0.4, -0.2) is 12.0 Å². The Bertz CT molecular complexity index is 584. The molecule has 0 bridgehead atoms. The predicted octanol–water partition coefficient (Wildman–Crippen LogP) is 3.52. The number of hydrogen-bond acceptors (Lipinski definition) is 5. The fourth-order valence-corrected chi connectivity index (χ4v) is 2.68. The molecule has 2 rings (SSSR count). The van der Waals surface area contributed by atoms with Gasteiger partial charge in [-0.3, -0.25) is 10.1 Å². The van der Waals surface area contributed by atoms with Crippen molar-refractivity contribution in [3.8, 4) is 5.75 Å². The van der Waals surface area contributed by atoms with Crippen molar-refractivity contribution >= 4 is 17.0 Å². The van der Waals surface area contributed by atoms with Crippen LogP contribution in [0.3, 0.4) is 0 Å². The normalized spacial score (nSPS) is 12.1. The molecule has 0 amide bonds. The van der Waals surface area contributed by atoms with Gasteiger partial charge in [0, 0.05) is 35.2 Å². The van der Waals surface area contributed by atoms with Crippen molar-refractivity contribution in [2.24, 2.45) is 0 Å². The van der Waals surface area contributed by atoms with E-state index in [4.69, 9.17) is 4.74 Å². The van der Waals surface area contributed by atoms with Gasteiger partial charge in [-0.05, 0) is 24.4 Å². The topological polar surface area (TPSA) is 64.4 Å². The van der Waals surface area contributed by atoms with Gasteiger partial charge in [-0.25, -0.2) is 0 Å². The third-order valence-corrected chi connectivity index (χ3v) is 4.10. The zero-order valence-corrected chi connectivity index (χ0v) is 12.1. The summed E-state index contributed by atoms with van der Waals surface area (Å²) in [6.07, 6.45) is 0. The van der Waals surface area contributed by atoms with Gasteiger partial charge >= 0.3 is 0 Å². The first kappa shape index (κ1) is 14.5. The molecule has 0 saturated carbocycles. The molecule has 0 fully saturated rings. The molecule has 2 aromatic rings. The van der Waals surface area contributed by atoms with Gasteiger partial charge in [-0.15, -0.1) is 11.3 Å². The molecular weight excluding hydrogens is 276 g/mol. The summed E-state index contributed by atoms with van der Waals surface area (Å²) in [5.74, 6) is 0.654. The summed E-state index contributed by atoms with van der Waals surface area (Å²) in [5, 5.41) is 16.2. The van der Waals surface area contributed by atoms with Crippen LogP contribution in [0.1, 0.15) is 23.4 Å². The zero-order valence-electron chi connectivity index (χ0n) is 11.3. The van der Waals surface area contributed by atoms with Crippen LogP contribution in [0.5, 0.6) is 5.75 Å². The molecule has 0 unspecified atom stereocenters. The summed E-state index contributed by atoms with van der Waals surface area (Å²) in [7, 11) is 1.56. The Morgan fingerprint density at radius 3 is 2.85 bits per heavy atom. The SMILES string of the molecule is COc1ccc([N+](=O)[O-])cc1CN[C@H](C)c1cccs1. The smallest absolute Gasteiger partial charge is 0.270 e. The lowest BCUT2D eigenvalue weighted by Gasteiger charge is -2.14. The Hall–Kier alpha value is -1.92. The average Bonchev–Trinajstić information content (AvgIpc) is 2.98. The minimum absolute atomic E-state index is 0.0753. The molecule has 0 saturated heterocycles. The summed E-state index contributed by atoms with van der Waals surface area (Å²) >= 11 is 1.68.